The van der Waals surface area contributed by atoms with E-state index in [2.05, 4.69) is 49.8 Å². The van der Waals surface area contributed by atoms with Gasteiger partial charge in [-0.3, -0.25) is 4.99 Å². The van der Waals surface area contributed by atoms with Gasteiger partial charge in [0.25, 0.3) is 0 Å². The maximum Gasteiger partial charge on any atom is 0.191 e. The number of nitrogens with zero attached hydrogens (tertiary/aromatic N) is 1. The topological polar surface area (TPSA) is 54.9 Å². The molecule has 1 aromatic carbocycles. The summed E-state index contributed by atoms with van der Waals surface area (Å²) in [5.41, 5.74) is 1.12. The van der Waals surface area contributed by atoms with Gasteiger partial charge in [0.1, 0.15) is 13.2 Å². The van der Waals surface area contributed by atoms with Crippen molar-refractivity contribution >= 4 is 41.7 Å². The third kappa shape index (κ3) is 7.97. The Morgan fingerprint density at radius 2 is 1.89 bits per heavy atom. The fourth-order valence-electron chi connectivity index (χ4n) is 2.75. The van der Waals surface area contributed by atoms with Crippen molar-refractivity contribution < 1.29 is 9.47 Å². The van der Waals surface area contributed by atoms with Crippen LogP contribution in [0.4, 0.5) is 0 Å². The van der Waals surface area contributed by atoms with Gasteiger partial charge in [0.2, 0.25) is 0 Å². The van der Waals surface area contributed by atoms with E-state index in [4.69, 9.17) is 14.5 Å². The molecule has 2 N–H and O–H groups in total. The third-order valence-electron chi connectivity index (χ3n) is 4.37. The van der Waals surface area contributed by atoms with Gasteiger partial charge in [-0.15, -0.1) is 24.0 Å². The number of guanidine groups is 1. The Morgan fingerprint density at radius 1 is 1.15 bits per heavy atom. The van der Waals surface area contributed by atoms with Crippen LogP contribution in [0.1, 0.15) is 39.2 Å². The highest BCUT2D eigenvalue weighted by atomic mass is 127. The van der Waals surface area contributed by atoms with Crippen LogP contribution in [0.25, 0.3) is 0 Å². The minimum Gasteiger partial charge on any atom is -0.486 e. The van der Waals surface area contributed by atoms with E-state index in [0.717, 1.165) is 37.0 Å². The predicted octanol–water partition coefficient (Wildman–Crippen LogP) is 4.05. The molecule has 0 spiro atoms. The molecule has 5 nitrogen and oxygen atoms in total. The van der Waals surface area contributed by atoms with Gasteiger partial charge in [0.15, 0.2) is 17.5 Å². The summed E-state index contributed by atoms with van der Waals surface area (Å²) in [6.45, 7) is 10.3. The molecule has 7 heteroatoms. The molecule has 0 bridgehead atoms. The van der Waals surface area contributed by atoms with Crippen molar-refractivity contribution in [2.24, 2.45) is 4.99 Å². The van der Waals surface area contributed by atoms with Crippen LogP contribution in [-0.4, -0.2) is 50.8 Å². The second-order valence-corrected chi connectivity index (χ2v) is 8.05. The molecule has 1 heterocycles. The van der Waals surface area contributed by atoms with Crippen molar-refractivity contribution in [1.29, 1.82) is 0 Å². The molecule has 0 aliphatic carbocycles. The Balaban J connectivity index is 0.00000364. The number of hydrogen-bond donors (Lipinski definition) is 2. The van der Waals surface area contributed by atoms with Crippen molar-refractivity contribution in [3.8, 4) is 11.5 Å². The van der Waals surface area contributed by atoms with Crippen LogP contribution >= 0.6 is 35.7 Å². The molecule has 2 rings (SSSR count). The Kier molecular flexibility index (Phi) is 11.3. The van der Waals surface area contributed by atoms with Crippen LogP contribution in [0.15, 0.2) is 23.2 Å². The highest BCUT2D eigenvalue weighted by Crippen LogP contribution is 2.35. The number of aliphatic imine (C=N–C) groups is 1. The molecule has 1 aliphatic rings. The zero-order valence-corrected chi connectivity index (χ0v) is 20.1. The van der Waals surface area contributed by atoms with Crippen molar-refractivity contribution in [2.75, 3.05) is 44.9 Å². The fraction of sp³-hybridized carbons (Fsp3) is 0.650. The van der Waals surface area contributed by atoms with Crippen LogP contribution in [0.2, 0.25) is 0 Å². The minimum absolute atomic E-state index is 0. The van der Waals surface area contributed by atoms with E-state index in [0.29, 0.717) is 19.8 Å². The Morgan fingerprint density at radius 3 is 2.59 bits per heavy atom. The van der Waals surface area contributed by atoms with Gasteiger partial charge in [0, 0.05) is 18.5 Å². The quantitative estimate of drug-likeness (QED) is 0.229. The van der Waals surface area contributed by atoms with E-state index >= 15 is 0 Å². The van der Waals surface area contributed by atoms with E-state index in [-0.39, 0.29) is 29.4 Å². The molecule has 0 amide bonds. The molecular weight excluding hydrogens is 473 g/mol. The molecule has 0 saturated carbocycles. The zero-order chi connectivity index (χ0) is 18.8. The van der Waals surface area contributed by atoms with Gasteiger partial charge < -0.3 is 20.1 Å². The molecule has 1 aliphatic heterocycles. The maximum absolute atomic E-state index is 5.72. The van der Waals surface area contributed by atoms with Crippen molar-refractivity contribution in [3.05, 3.63) is 23.8 Å². The van der Waals surface area contributed by atoms with Gasteiger partial charge in [-0.2, -0.15) is 11.8 Å². The summed E-state index contributed by atoms with van der Waals surface area (Å²) in [6.07, 6.45) is 4.55. The minimum atomic E-state index is -0.0863. The average Bonchev–Trinajstić information content (AvgIpc) is 2.65. The molecule has 0 radical (unpaired) electrons. The lowest BCUT2D eigenvalue weighted by molar-refractivity contribution is 0.171. The van der Waals surface area contributed by atoms with Crippen LogP contribution in [0.3, 0.4) is 0 Å². The van der Waals surface area contributed by atoms with Crippen LogP contribution < -0.4 is 20.1 Å². The lowest BCUT2D eigenvalue weighted by Gasteiger charge is -2.26. The Labute approximate surface area is 185 Å². The number of ether oxygens (including phenoxy) is 2. The highest BCUT2D eigenvalue weighted by Gasteiger charge is 2.23. The van der Waals surface area contributed by atoms with E-state index < -0.39 is 0 Å². The number of hydrogen-bond acceptors (Lipinski definition) is 4. The number of unbranched alkanes of at least 4 members (excludes halogenated alkanes) is 1. The molecule has 0 unspecified atom stereocenters. The van der Waals surface area contributed by atoms with Gasteiger partial charge in [-0.1, -0.05) is 19.9 Å². The summed E-state index contributed by atoms with van der Waals surface area (Å²) in [6, 6.07) is 6.21. The van der Waals surface area contributed by atoms with Gasteiger partial charge in [0.05, 0.1) is 6.54 Å². The standard InChI is InChI=1S/C20H33N3O2S.HI/c1-5-21-19(22-10-6-7-13-26-4)23-15-20(2,3)16-8-9-17-18(14-16)25-12-11-24-17;/h8-9,14H,5-7,10-13,15H2,1-4H3,(H2,21,22,23);1H. The number of halogens is 1. The fourth-order valence-corrected chi connectivity index (χ4v) is 3.25. The summed E-state index contributed by atoms with van der Waals surface area (Å²) in [5.74, 6) is 3.78. The second kappa shape index (κ2) is 12.6. The van der Waals surface area contributed by atoms with Crippen molar-refractivity contribution in [3.63, 3.8) is 0 Å². The SMILES string of the molecule is CCNC(=NCC(C)(C)c1ccc2c(c1)OCCO2)NCCCCSC.I. The van der Waals surface area contributed by atoms with E-state index in [9.17, 15) is 0 Å². The van der Waals surface area contributed by atoms with Crippen LogP contribution in [-0.2, 0) is 5.41 Å². The van der Waals surface area contributed by atoms with Crippen LogP contribution in [0, 0.1) is 0 Å². The molecule has 0 aromatic heterocycles. The zero-order valence-electron chi connectivity index (χ0n) is 17.0. The number of benzene rings is 1. The molecule has 1 aromatic rings. The number of rotatable bonds is 9. The van der Waals surface area contributed by atoms with Crippen molar-refractivity contribution in [2.45, 2.75) is 39.0 Å². The molecule has 0 atom stereocenters. The highest BCUT2D eigenvalue weighted by molar-refractivity contribution is 14.0. The molecule has 0 fully saturated rings. The number of nitrogens with one attached hydrogen (secondary N) is 2. The number of thioether (sulfide) groups is 1. The van der Waals surface area contributed by atoms with Crippen molar-refractivity contribution in [1.82, 2.24) is 10.6 Å². The summed E-state index contributed by atoms with van der Waals surface area (Å²) >= 11 is 1.90. The first-order valence-electron chi connectivity index (χ1n) is 9.48. The third-order valence-corrected chi connectivity index (χ3v) is 5.06. The Hall–Kier alpha value is -0.830. The molecule has 154 valence electrons. The van der Waals surface area contributed by atoms with Gasteiger partial charge in [-0.05, 0) is 49.5 Å². The molecule has 27 heavy (non-hydrogen) atoms. The smallest absolute Gasteiger partial charge is 0.191 e. The summed E-state index contributed by atoms with van der Waals surface area (Å²) in [5, 5.41) is 6.77. The number of fused-ring (bicyclic) bond motifs is 1. The lowest BCUT2D eigenvalue weighted by Crippen LogP contribution is -2.39. The first-order chi connectivity index (χ1) is 12.6. The molecular formula is C20H34IN3O2S. The monoisotopic (exact) mass is 507 g/mol. The lowest BCUT2D eigenvalue weighted by atomic mass is 9.84. The Bertz CT molecular complexity index is 597. The van der Waals surface area contributed by atoms with E-state index in [1.54, 1.807) is 0 Å². The van der Waals surface area contributed by atoms with Gasteiger partial charge >= 0.3 is 0 Å². The van der Waals surface area contributed by atoms with Crippen LogP contribution in [0.5, 0.6) is 11.5 Å². The summed E-state index contributed by atoms with van der Waals surface area (Å²) in [7, 11) is 0. The first kappa shape index (κ1) is 24.2. The van der Waals surface area contributed by atoms with E-state index in [1.165, 1.54) is 17.7 Å². The largest absolute Gasteiger partial charge is 0.486 e. The normalized spacial score (nSPS) is 13.7. The van der Waals surface area contributed by atoms with E-state index in [1.807, 2.05) is 17.8 Å². The second-order valence-electron chi connectivity index (χ2n) is 7.06. The molecule has 0 saturated heterocycles. The van der Waals surface area contributed by atoms with Gasteiger partial charge in [-0.25, -0.2) is 0 Å². The maximum atomic E-state index is 5.72. The first-order valence-corrected chi connectivity index (χ1v) is 10.9. The summed E-state index contributed by atoms with van der Waals surface area (Å²) < 4.78 is 11.3. The predicted molar refractivity (Wildman–Crippen MR) is 127 cm³/mol. The summed E-state index contributed by atoms with van der Waals surface area (Å²) in [4.78, 5) is 4.81. The average molecular weight is 507 g/mol.